The molecule has 0 saturated heterocycles. The number of nitrogens with two attached hydrogens (primary N) is 1. The largest absolute Gasteiger partial charge is 0.431 e. The highest BCUT2D eigenvalue weighted by Crippen LogP contribution is 2.27. The minimum Gasteiger partial charge on any atom is -0.431 e. The first kappa shape index (κ1) is 12.8. The smallest absolute Gasteiger partial charge is 0.257 e. The SMILES string of the molecule is CCNC(=O)C(C)Sc1nc2ccc(N)cc2o1. The molecule has 1 atom stereocenters. The standard InChI is InChI=1S/C12H15N3O2S/c1-3-14-11(16)7(2)18-12-15-9-5-4-8(13)6-10(9)17-12/h4-7H,3,13H2,1-2H3,(H,14,16). The molecule has 0 aliphatic rings. The van der Waals surface area contributed by atoms with Crippen LogP contribution in [0.2, 0.25) is 0 Å². The molecule has 1 aromatic heterocycles. The Morgan fingerprint density at radius 1 is 1.61 bits per heavy atom. The maximum Gasteiger partial charge on any atom is 0.257 e. The number of oxazole rings is 1. The Balaban J connectivity index is 2.14. The number of aromatic nitrogens is 1. The summed E-state index contributed by atoms with van der Waals surface area (Å²) in [6.07, 6.45) is 0. The van der Waals surface area contributed by atoms with Crippen molar-refractivity contribution < 1.29 is 9.21 Å². The molecule has 0 spiro atoms. The lowest BCUT2D eigenvalue weighted by Crippen LogP contribution is -2.30. The monoisotopic (exact) mass is 265 g/mol. The fourth-order valence-electron chi connectivity index (χ4n) is 1.49. The van der Waals surface area contributed by atoms with Gasteiger partial charge in [0.15, 0.2) is 5.58 Å². The number of hydrogen-bond donors (Lipinski definition) is 2. The summed E-state index contributed by atoms with van der Waals surface area (Å²) in [5.41, 5.74) is 7.68. The summed E-state index contributed by atoms with van der Waals surface area (Å²) >= 11 is 1.29. The summed E-state index contributed by atoms with van der Waals surface area (Å²) in [7, 11) is 0. The van der Waals surface area contributed by atoms with E-state index in [1.54, 1.807) is 18.2 Å². The Labute approximate surface area is 109 Å². The molecule has 0 bridgehead atoms. The van der Waals surface area contributed by atoms with Crippen LogP contribution < -0.4 is 11.1 Å². The molecule has 2 rings (SSSR count). The van der Waals surface area contributed by atoms with Gasteiger partial charge in [0.1, 0.15) is 5.52 Å². The number of benzene rings is 1. The van der Waals surface area contributed by atoms with E-state index in [2.05, 4.69) is 10.3 Å². The van der Waals surface area contributed by atoms with Crippen LogP contribution in [0, 0.1) is 0 Å². The van der Waals surface area contributed by atoms with Crippen molar-refractivity contribution in [3.05, 3.63) is 18.2 Å². The summed E-state index contributed by atoms with van der Waals surface area (Å²) in [6, 6.07) is 5.30. The highest BCUT2D eigenvalue weighted by atomic mass is 32.2. The van der Waals surface area contributed by atoms with Gasteiger partial charge in [0.25, 0.3) is 5.22 Å². The lowest BCUT2D eigenvalue weighted by atomic mass is 10.3. The van der Waals surface area contributed by atoms with Crippen molar-refractivity contribution >= 4 is 34.5 Å². The molecule has 2 aromatic rings. The van der Waals surface area contributed by atoms with Gasteiger partial charge in [-0.1, -0.05) is 11.8 Å². The molecule has 0 radical (unpaired) electrons. The topological polar surface area (TPSA) is 81.2 Å². The third kappa shape index (κ3) is 2.76. The van der Waals surface area contributed by atoms with Gasteiger partial charge in [0.05, 0.1) is 5.25 Å². The second-order valence-electron chi connectivity index (χ2n) is 3.86. The van der Waals surface area contributed by atoms with Gasteiger partial charge in [-0.05, 0) is 26.0 Å². The van der Waals surface area contributed by atoms with E-state index in [1.807, 2.05) is 13.8 Å². The quantitative estimate of drug-likeness (QED) is 0.653. The Morgan fingerprint density at radius 2 is 2.39 bits per heavy atom. The summed E-state index contributed by atoms with van der Waals surface area (Å²) in [6.45, 7) is 4.32. The molecule has 1 heterocycles. The van der Waals surface area contributed by atoms with E-state index in [0.717, 1.165) is 5.52 Å². The van der Waals surface area contributed by atoms with Gasteiger partial charge in [-0.25, -0.2) is 4.98 Å². The number of hydrogen-bond acceptors (Lipinski definition) is 5. The molecule has 3 N–H and O–H groups in total. The van der Waals surface area contributed by atoms with E-state index in [-0.39, 0.29) is 11.2 Å². The maximum atomic E-state index is 11.6. The molecule has 6 heteroatoms. The number of amides is 1. The molecule has 1 amide bonds. The van der Waals surface area contributed by atoms with Gasteiger partial charge in [-0.15, -0.1) is 0 Å². The molecule has 96 valence electrons. The average molecular weight is 265 g/mol. The number of rotatable bonds is 4. The first-order chi connectivity index (χ1) is 8.60. The molecule has 1 aromatic carbocycles. The Hall–Kier alpha value is -1.69. The van der Waals surface area contributed by atoms with E-state index in [1.165, 1.54) is 11.8 Å². The number of anilines is 1. The molecule has 5 nitrogen and oxygen atoms in total. The number of nitrogens with zero attached hydrogens (tertiary/aromatic N) is 1. The zero-order valence-corrected chi connectivity index (χ0v) is 11.1. The van der Waals surface area contributed by atoms with Crippen LogP contribution in [0.3, 0.4) is 0 Å². The molecular weight excluding hydrogens is 250 g/mol. The van der Waals surface area contributed by atoms with Crippen molar-refractivity contribution in [3.63, 3.8) is 0 Å². The number of nitrogens with one attached hydrogen (secondary N) is 1. The zero-order valence-electron chi connectivity index (χ0n) is 10.3. The molecule has 0 aliphatic heterocycles. The van der Waals surface area contributed by atoms with Gasteiger partial charge in [0.2, 0.25) is 5.91 Å². The van der Waals surface area contributed by atoms with Crippen LogP contribution in [-0.2, 0) is 4.79 Å². The van der Waals surface area contributed by atoms with Crippen molar-refractivity contribution in [2.75, 3.05) is 12.3 Å². The van der Waals surface area contributed by atoms with Crippen LogP contribution in [0.1, 0.15) is 13.8 Å². The first-order valence-electron chi connectivity index (χ1n) is 5.70. The van der Waals surface area contributed by atoms with E-state index in [0.29, 0.717) is 23.0 Å². The number of carbonyl (C=O) groups is 1. The summed E-state index contributed by atoms with van der Waals surface area (Å²) in [5.74, 6) is -0.0238. The maximum absolute atomic E-state index is 11.6. The van der Waals surface area contributed by atoms with Crippen molar-refractivity contribution in [1.82, 2.24) is 10.3 Å². The molecule has 0 saturated carbocycles. The van der Waals surface area contributed by atoms with Crippen LogP contribution in [0.25, 0.3) is 11.1 Å². The van der Waals surface area contributed by atoms with Crippen LogP contribution in [0.5, 0.6) is 0 Å². The van der Waals surface area contributed by atoms with E-state index >= 15 is 0 Å². The minimum atomic E-state index is -0.240. The fourth-order valence-corrected chi connectivity index (χ4v) is 2.27. The number of fused-ring (bicyclic) bond motifs is 1. The molecule has 0 aliphatic carbocycles. The fraction of sp³-hybridized carbons (Fsp3) is 0.333. The van der Waals surface area contributed by atoms with Gasteiger partial charge < -0.3 is 15.5 Å². The van der Waals surface area contributed by atoms with Gasteiger partial charge in [-0.2, -0.15) is 0 Å². The lowest BCUT2D eigenvalue weighted by molar-refractivity contribution is -0.120. The van der Waals surface area contributed by atoms with Gasteiger partial charge in [-0.3, -0.25) is 4.79 Å². The predicted octanol–water partition coefficient (Wildman–Crippen LogP) is 2.03. The highest BCUT2D eigenvalue weighted by molar-refractivity contribution is 8.00. The van der Waals surface area contributed by atoms with Crippen LogP contribution in [0.4, 0.5) is 5.69 Å². The normalized spacial score (nSPS) is 12.6. The van der Waals surface area contributed by atoms with Crippen molar-refractivity contribution in [2.24, 2.45) is 0 Å². The van der Waals surface area contributed by atoms with Crippen molar-refractivity contribution in [2.45, 2.75) is 24.3 Å². The molecule has 18 heavy (non-hydrogen) atoms. The van der Waals surface area contributed by atoms with Crippen LogP contribution in [0.15, 0.2) is 27.8 Å². The van der Waals surface area contributed by atoms with Crippen molar-refractivity contribution in [3.8, 4) is 0 Å². The van der Waals surface area contributed by atoms with Crippen LogP contribution >= 0.6 is 11.8 Å². The van der Waals surface area contributed by atoms with Crippen molar-refractivity contribution in [1.29, 1.82) is 0 Å². The third-order valence-electron chi connectivity index (χ3n) is 2.39. The van der Waals surface area contributed by atoms with Gasteiger partial charge in [0, 0.05) is 18.3 Å². The number of carbonyl (C=O) groups excluding carboxylic acids is 1. The summed E-state index contributed by atoms with van der Waals surface area (Å²) in [5, 5.41) is 3.00. The molecule has 0 fully saturated rings. The number of thioether (sulfide) groups is 1. The summed E-state index contributed by atoms with van der Waals surface area (Å²) in [4.78, 5) is 15.9. The zero-order chi connectivity index (χ0) is 13.1. The second-order valence-corrected chi connectivity index (χ2v) is 5.15. The van der Waals surface area contributed by atoms with E-state index < -0.39 is 0 Å². The molecule has 1 unspecified atom stereocenters. The third-order valence-corrected chi connectivity index (χ3v) is 3.33. The average Bonchev–Trinajstić information content (AvgIpc) is 2.70. The van der Waals surface area contributed by atoms with E-state index in [4.69, 9.17) is 10.2 Å². The second kappa shape index (κ2) is 5.30. The first-order valence-corrected chi connectivity index (χ1v) is 6.58. The van der Waals surface area contributed by atoms with E-state index in [9.17, 15) is 4.79 Å². The lowest BCUT2D eigenvalue weighted by Gasteiger charge is -2.07. The van der Waals surface area contributed by atoms with Crippen LogP contribution in [-0.4, -0.2) is 22.7 Å². The predicted molar refractivity (Wildman–Crippen MR) is 72.4 cm³/mol. The number of nitrogen functional groups attached to an aromatic ring is 1. The Kier molecular flexibility index (Phi) is 3.76. The summed E-state index contributed by atoms with van der Waals surface area (Å²) < 4.78 is 5.54. The highest BCUT2D eigenvalue weighted by Gasteiger charge is 2.17. The van der Waals surface area contributed by atoms with Gasteiger partial charge >= 0.3 is 0 Å². The minimum absolute atomic E-state index is 0.0238. The Bertz CT molecular complexity index is 567. The molecular formula is C12H15N3O2S. The Morgan fingerprint density at radius 3 is 3.11 bits per heavy atom.